The van der Waals surface area contributed by atoms with Gasteiger partial charge in [0.25, 0.3) is 0 Å². The van der Waals surface area contributed by atoms with Crippen molar-refractivity contribution >= 4 is 45.8 Å². The fourth-order valence-electron chi connectivity index (χ4n) is 3.30. The van der Waals surface area contributed by atoms with Gasteiger partial charge < -0.3 is 5.32 Å². The molecule has 0 aliphatic carbocycles. The monoisotopic (exact) mass is 419 g/mol. The molecule has 0 spiro atoms. The van der Waals surface area contributed by atoms with Gasteiger partial charge in [-0.15, -0.1) is 0 Å². The number of fused-ring (bicyclic) bond motifs is 1. The SMILES string of the molecule is O=C(CN1CCN(Cc2ccc(Cl)cc2Cl)CC1)Nc1cccc2nonc12. The first-order valence-corrected chi connectivity index (χ1v) is 9.74. The third-order valence-corrected chi connectivity index (χ3v) is 5.39. The lowest BCUT2D eigenvalue weighted by Crippen LogP contribution is -2.48. The molecule has 9 heteroatoms. The Balaban J connectivity index is 1.28. The lowest BCUT2D eigenvalue weighted by molar-refractivity contribution is -0.117. The molecule has 1 aliphatic rings. The van der Waals surface area contributed by atoms with E-state index in [0.717, 1.165) is 38.3 Å². The maximum Gasteiger partial charge on any atom is 0.238 e. The number of aromatic nitrogens is 2. The third-order valence-electron chi connectivity index (χ3n) is 4.80. The summed E-state index contributed by atoms with van der Waals surface area (Å²) in [6, 6.07) is 11.0. The fraction of sp³-hybridized carbons (Fsp3) is 0.316. The Morgan fingerprint density at radius 3 is 2.64 bits per heavy atom. The second-order valence-corrected chi connectivity index (χ2v) is 7.62. The number of carbonyl (C=O) groups excluding carboxylic acids is 1. The van der Waals surface area contributed by atoms with Gasteiger partial charge in [0.2, 0.25) is 5.91 Å². The highest BCUT2D eigenvalue weighted by Gasteiger charge is 2.20. The molecule has 0 bridgehead atoms. The molecule has 1 aliphatic heterocycles. The van der Waals surface area contributed by atoms with Gasteiger partial charge in [-0.05, 0) is 40.1 Å². The molecular formula is C19H19Cl2N5O2. The first kappa shape index (κ1) is 19.1. The number of hydrogen-bond donors (Lipinski definition) is 1. The van der Waals surface area contributed by atoms with E-state index in [9.17, 15) is 4.79 Å². The van der Waals surface area contributed by atoms with E-state index in [0.29, 0.717) is 33.3 Å². The van der Waals surface area contributed by atoms with Gasteiger partial charge >= 0.3 is 0 Å². The summed E-state index contributed by atoms with van der Waals surface area (Å²) in [5.74, 6) is -0.0790. The molecule has 146 valence electrons. The second kappa shape index (κ2) is 8.45. The van der Waals surface area contributed by atoms with Crippen LogP contribution in [0.25, 0.3) is 11.0 Å². The molecule has 1 N–H and O–H groups in total. The summed E-state index contributed by atoms with van der Waals surface area (Å²) in [4.78, 5) is 16.9. The van der Waals surface area contributed by atoms with Gasteiger partial charge in [0.05, 0.1) is 12.2 Å². The normalized spacial score (nSPS) is 15.8. The van der Waals surface area contributed by atoms with Crippen LogP contribution < -0.4 is 5.32 Å². The lowest BCUT2D eigenvalue weighted by atomic mass is 10.2. The summed E-state index contributed by atoms with van der Waals surface area (Å²) in [7, 11) is 0. The van der Waals surface area contributed by atoms with Crippen molar-refractivity contribution in [2.75, 3.05) is 38.0 Å². The van der Waals surface area contributed by atoms with Crippen LogP contribution in [0.15, 0.2) is 41.0 Å². The Morgan fingerprint density at radius 1 is 1.07 bits per heavy atom. The summed E-state index contributed by atoms with van der Waals surface area (Å²) in [6.45, 7) is 4.47. The predicted molar refractivity (Wildman–Crippen MR) is 109 cm³/mol. The van der Waals surface area contributed by atoms with Gasteiger partial charge in [0, 0.05) is 42.8 Å². The van der Waals surface area contributed by atoms with Crippen molar-refractivity contribution in [3.63, 3.8) is 0 Å². The van der Waals surface area contributed by atoms with E-state index in [1.54, 1.807) is 18.2 Å². The summed E-state index contributed by atoms with van der Waals surface area (Å²) < 4.78 is 4.73. The number of carbonyl (C=O) groups is 1. The number of nitrogens with one attached hydrogen (secondary N) is 1. The number of amides is 1. The summed E-state index contributed by atoms with van der Waals surface area (Å²) in [6.07, 6.45) is 0. The second-order valence-electron chi connectivity index (χ2n) is 6.77. The van der Waals surface area contributed by atoms with E-state index in [2.05, 4.69) is 25.4 Å². The third kappa shape index (κ3) is 4.44. The average Bonchev–Trinajstić information content (AvgIpc) is 3.15. The molecule has 1 fully saturated rings. The van der Waals surface area contributed by atoms with Crippen molar-refractivity contribution < 1.29 is 9.42 Å². The van der Waals surface area contributed by atoms with E-state index in [-0.39, 0.29) is 5.91 Å². The minimum atomic E-state index is -0.0790. The molecule has 3 aromatic rings. The Hall–Kier alpha value is -2.19. The number of anilines is 1. The largest absolute Gasteiger partial charge is 0.323 e. The number of nitrogens with zero attached hydrogens (tertiary/aromatic N) is 4. The number of piperazine rings is 1. The molecule has 0 radical (unpaired) electrons. The van der Waals surface area contributed by atoms with Crippen LogP contribution in [-0.2, 0) is 11.3 Å². The zero-order valence-electron chi connectivity index (χ0n) is 15.1. The standard InChI is InChI=1S/C19H19Cl2N5O2/c20-14-5-4-13(15(21)10-14)11-25-6-8-26(9-7-25)12-18(27)22-16-2-1-3-17-19(16)24-28-23-17/h1-5,10H,6-9,11-12H2,(H,22,27). The minimum absolute atomic E-state index is 0.0790. The zero-order chi connectivity index (χ0) is 19.5. The highest BCUT2D eigenvalue weighted by Crippen LogP contribution is 2.23. The molecule has 4 rings (SSSR count). The van der Waals surface area contributed by atoms with Crippen LogP contribution in [0.3, 0.4) is 0 Å². The van der Waals surface area contributed by atoms with Crippen molar-refractivity contribution in [2.24, 2.45) is 0 Å². The van der Waals surface area contributed by atoms with Crippen LogP contribution in [0, 0.1) is 0 Å². The van der Waals surface area contributed by atoms with Crippen molar-refractivity contribution in [1.29, 1.82) is 0 Å². The maximum absolute atomic E-state index is 12.4. The fourth-order valence-corrected chi connectivity index (χ4v) is 3.76. The van der Waals surface area contributed by atoms with E-state index >= 15 is 0 Å². The van der Waals surface area contributed by atoms with Gasteiger partial charge in [-0.25, -0.2) is 4.63 Å². The summed E-state index contributed by atoms with van der Waals surface area (Å²) >= 11 is 12.2. The molecule has 1 saturated heterocycles. The number of halogens is 2. The van der Waals surface area contributed by atoms with Crippen LogP contribution in [0.2, 0.25) is 10.0 Å². The first-order chi connectivity index (χ1) is 13.6. The van der Waals surface area contributed by atoms with E-state index in [1.165, 1.54) is 0 Å². The molecule has 7 nitrogen and oxygen atoms in total. The van der Waals surface area contributed by atoms with Crippen LogP contribution in [0.5, 0.6) is 0 Å². The van der Waals surface area contributed by atoms with Gasteiger partial charge in [-0.2, -0.15) is 0 Å². The van der Waals surface area contributed by atoms with E-state index < -0.39 is 0 Å². The molecular weight excluding hydrogens is 401 g/mol. The predicted octanol–water partition coefficient (Wildman–Crippen LogP) is 3.29. The molecule has 0 saturated carbocycles. The van der Waals surface area contributed by atoms with E-state index in [4.69, 9.17) is 27.8 Å². The molecule has 1 aromatic heterocycles. The summed E-state index contributed by atoms with van der Waals surface area (Å²) in [5.41, 5.74) is 2.85. The first-order valence-electron chi connectivity index (χ1n) is 8.98. The topological polar surface area (TPSA) is 74.5 Å². The quantitative estimate of drug-likeness (QED) is 0.683. The minimum Gasteiger partial charge on any atom is -0.323 e. The lowest BCUT2D eigenvalue weighted by Gasteiger charge is -2.34. The van der Waals surface area contributed by atoms with Crippen LogP contribution in [-0.4, -0.2) is 58.7 Å². The highest BCUT2D eigenvalue weighted by molar-refractivity contribution is 6.35. The Kier molecular flexibility index (Phi) is 5.77. The zero-order valence-corrected chi connectivity index (χ0v) is 16.6. The van der Waals surface area contributed by atoms with Gasteiger partial charge in [0.1, 0.15) is 5.52 Å². The molecule has 2 heterocycles. The Morgan fingerprint density at radius 2 is 1.86 bits per heavy atom. The molecule has 2 aromatic carbocycles. The Labute approximate surface area is 172 Å². The van der Waals surface area contributed by atoms with Crippen LogP contribution in [0.1, 0.15) is 5.56 Å². The molecule has 1 amide bonds. The van der Waals surface area contributed by atoms with Crippen molar-refractivity contribution in [3.8, 4) is 0 Å². The smallest absolute Gasteiger partial charge is 0.238 e. The van der Waals surface area contributed by atoms with Gasteiger partial charge in [0.15, 0.2) is 5.52 Å². The maximum atomic E-state index is 12.4. The van der Waals surface area contributed by atoms with Crippen LogP contribution >= 0.6 is 23.2 Å². The number of benzene rings is 2. The number of rotatable bonds is 5. The van der Waals surface area contributed by atoms with Crippen molar-refractivity contribution in [1.82, 2.24) is 20.1 Å². The molecule has 28 heavy (non-hydrogen) atoms. The number of hydrogen-bond acceptors (Lipinski definition) is 6. The summed E-state index contributed by atoms with van der Waals surface area (Å²) in [5, 5.41) is 11.8. The average molecular weight is 420 g/mol. The highest BCUT2D eigenvalue weighted by atomic mass is 35.5. The van der Waals surface area contributed by atoms with Crippen LogP contribution in [0.4, 0.5) is 5.69 Å². The van der Waals surface area contributed by atoms with Gasteiger partial charge in [-0.1, -0.05) is 35.3 Å². The van der Waals surface area contributed by atoms with Crippen molar-refractivity contribution in [2.45, 2.75) is 6.54 Å². The van der Waals surface area contributed by atoms with E-state index in [1.807, 2.05) is 18.2 Å². The Bertz CT molecular complexity index is 985. The van der Waals surface area contributed by atoms with Gasteiger partial charge in [-0.3, -0.25) is 14.6 Å². The molecule has 0 atom stereocenters. The molecule has 0 unspecified atom stereocenters. The van der Waals surface area contributed by atoms with Crippen molar-refractivity contribution in [3.05, 3.63) is 52.0 Å².